The lowest BCUT2D eigenvalue weighted by Crippen LogP contribution is -2.36. The van der Waals surface area contributed by atoms with Gasteiger partial charge in [-0.25, -0.2) is 0 Å². The van der Waals surface area contributed by atoms with Crippen LogP contribution in [-0.2, 0) is 17.8 Å². The van der Waals surface area contributed by atoms with Gasteiger partial charge in [-0.2, -0.15) is 0 Å². The van der Waals surface area contributed by atoms with Crippen LogP contribution in [0.4, 0.5) is 0 Å². The van der Waals surface area contributed by atoms with Crippen molar-refractivity contribution < 1.29 is 19.0 Å². The molecular formula is C21H24N2O4. The lowest BCUT2D eigenvalue weighted by Gasteiger charge is -2.24. The fourth-order valence-corrected chi connectivity index (χ4v) is 3.58. The molecule has 0 aromatic heterocycles. The molecule has 1 amide bonds. The maximum absolute atomic E-state index is 12.9. The summed E-state index contributed by atoms with van der Waals surface area (Å²) >= 11 is 0. The Kier molecular flexibility index (Phi) is 4.90. The molecule has 6 nitrogen and oxygen atoms in total. The number of aryl methyl sites for hydroxylation is 1. The number of nitrogens with one attached hydrogen (secondary N) is 1. The molecule has 6 heteroatoms. The van der Waals surface area contributed by atoms with E-state index in [0.29, 0.717) is 18.0 Å². The molecule has 27 heavy (non-hydrogen) atoms. The quantitative estimate of drug-likeness (QED) is 0.879. The van der Waals surface area contributed by atoms with Crippen LogP contribution in [0.2, 0.25) is 0 Å². The van der Waals surface area contributed by atoms with E-state index in [9.17, 15) is 4.79 Å². The topological polar surface area (TPSA) is 60.0 Å². The highest BCUT2D eigenvalue weighted by atomic mass is 16.7. The first-order chi connectivity index (χ1) is 13.1. The summed E-state index contributed by atoms with van der Waals surface area (Å²) in [7, 11) is 3.79. The predicted octanol–water partition coefficient (Wildman–Crippen LogP) is 2.66. The van der Waals surface area contributed by atoms with Crippen LogP contribution in [0, 0.1) is 0 Å². The van der Waals surface area contributed by atoms with Gasteiger partial charge >= 0.3 is 0 Å². The van der Waals surface area contributed by atoms with Crippen LogP contribution in [0.25, 0.3) is 0 Å². The highest BCUT2D eigenvalue weighted by molar-refractivity contribution is 5.83. The second kappa shape index (κ2) is 7.48. The van der Waals surface area contributed by atoms with E-state index >= 15 is 0 Å². The lowest BCUT2D eigenvalue weighted by atomic mass is 10.0. The molecule has 0 spiro atoms. The zero-order valence-corrected chi connectivity index (χ0v) is 15.7. The van der Waals surface area contributed by atoms with Crippen molar-refractivity contribution in [1.29, 1.82) is 0 Å². The summed E-state index contributed by atoms with van der Waals surface area (Å²) < 4.78 is 16.5. The number of amides is 1. The Morgan fingerprint density at radius 1 is 1.07 bits per heavy atom. The van der Waals surface area contributed by atoms with Gasteiger partial charge in [-0.3, -0.25) is 9.69 Å². The van der Waals surface area contributed by atoms with Crippen molar-refractivity contribution in [3.05, 3.63) is 53.1 Å². The number of ether oxygens (including phenoxy) is 3. The van der Waals surface area contributed by atoms with Gasteiger partial charge in [0.1, 0.15) is 11.8 Å². The van der Waals surface area contributed by atoms with Gasteiger partial charge in [0.05, 0.1) is 6.61 Å². The number of likely N-dealkylation sites (N-methyl/N-ethyl adjacent to an activating group) is 1. The average Bonchev–Trinajstić information content (AvgIpc) is 3.14. The molecule has 0 bridgehead atoms. The molecule has 142 valence electrons. The SMILES string of the molecule is CN(C)[C@@H](C(=O)NCc1ccc2c(c1)CCCO2)c1ccc2c(c1)OCO2. The van der Waals surface area contributed by atoms with E-state index in [2.05, 4.69) is 11.4 Å². The summed E-state index contributed by atoms with van der Waals surface area (Å²) in [6.07, 6.45) is 2.06. The van der Waals surface area contributed by atoms with Gasteiger partial charge in [-0.1, -0.05) is 18.2 Å². The number of carbonyl (C=O) groups excluding carboxylic acids is 1. The van der Waals surface area contributed by atoms with Crippen molar-refractivity contribution in [3.8, 4) is 17.2 Å². The molecule has 0 radical (unpaired) electrons. The Morgan fingerprint density at radius 3 is 2.74 bits per heavy atom. The first-order valence-corrected chi connectivity index (χ1v) is 9.20. The normalized spacial score (nSPS) is 15.8. The average molecular weight is 368 g/mol. The maximum atomic E-state index is 12.9. The standard InChI is InChI=1S/C21H24N2O4/c1-23(2)20(16-6-8-18-19(11-16)27-13-26-18)21(24)22-12-14-5-7-17-15(10-14)4-3-9-25-17/h5-8,10-11,20H,3-4,9,12-13H2,1-2H3,(H,22,24)/t20-/m1/s1. The molecule has 2 aliphatic rings. The molecular weight excluding hydrogens is 344 g/mol. The predicted molar refractivity (Wildman–Crippen MR) is 101 cm³/mol. The summed E-state index contributed by atoms with van der Waals surface area (Å²) in [6, 6.07) is 11.4. The van der Waals surface area contributed by atoms with Crippen LogP contribution >= 0.6 is 0 Å². The van der Waals surface area contributed by atoms with Gasteiger partial charge in [0.15, 0.2) is 11.5 Å². The summed E-state index contributed by atoms with van der Waals surface area (Å²) in [5.41, 5.74) is 3.17. The Hall–Kier alpha value is -2.73. The van der Waals surface area contributed by atoms with Gasteiger partial charge in [0.2, 0.25) is 12.7 Å². The van der Waals surface area contributed by atoms with E-state index in [-0.39, 0.29) is 12.7 Å². The van der Waals surface area contributed by atoms with Gasteiger partial charge < -0.3 is 19.5 Å². The van der Waals surface area contributed by atoms with Crippen molar-refractivity contribution in [2.45, 2.75) is 25.4 Å². The number of rotatable bonds is 5. The maximum Gasteiger partial charge on any atom is 0.242 e. The highest BCUT2D eigenvalue weighted by Crippen LogP contribution is 2.35. The molecule has 0 saturated carbocycles. The number of carbonyl (C=O) groups is 1. The monoisotopic (exact) mass is 368 g/mol. The lowest BCUT2D eigenvalue weighted by molar-refractivity contribution is -0.125. The minimum absolute atomic E-state index is 0.0483. The summed E-state index contributed by atoms with van der Waals surface area (Å²) in [5, 5.41) is 3.06. The van der Waals surface area contributed by atoms with Gasteiger partial charge in [-0.05, 0) is 61.8 Å². The van der Waals surface area contributed by atoms with Crippen LogP contribution in [0.3, 0.4) is 0 Å². The minimum atomic E-state index is -0.402. The van der Waals surface area contributed by atoms with Crippen molar-refractivity contribution in [3.63, 3.8) is 0 Å². The Labute approximate surface area is 159 Å². The summed E-state index contributed by atoms with van der Waals surface area (Å²) in [6.45, 7) is 1.49. The van der Waals surface area contributed by atoms with Gasteiger partial charge in [0.25, 0.3) is 0 Å². The van der Waals surface area contributed by atoms with Crippen LogP contribution in [0.5, 0.6) is 17.2 Å². The first-order valence-electron chi connectivity index (χ1n) is 9.20. The second-order valence-electron chi connectivity index (χ2n) is 7.09. The smallest absolute Gasteiger partial charge is 0.242 e. The minimum Gasteiger partial charge on any atom is -0.493 e. The van der Waals surface area contributed by atoms with Crippen molar-refractivity contribution >= 4 is 5.91 Å². The van der Waals surface area contributed by atoms with Gasteiger partial charge in [-0.15, -0.1) is 0 Å². The molecule has 0 saturated heterocycles. The van der Waals surface area contributed by atoms with E-state index in [1.807, 2.05) is 49.3 Å². The molecule has 1 atom stereocenters. The third-order valence-corrected chi connectivity index (χ3v) is 4.92. The van der Waals surface area contributed by atoms with Crippen molar-refractivity contribution in [2.24, 2.45) is 0 Å². The number of hydrogen-bond donors (Lipinski definition) is 1. The fourth-order valence-electron chi connectivity index (χ4n) is 3.58. The second-order valence-corrected chi connectivity index (χ2v) is 7.09. The van der Waals surface area contributed by atoms with E-state index in [0.717, 1.165) is 36.3 Å². The largest absolute Gasteiger partial charge is 0.493 e. The third-order valence-electron chi connectivity index (χ3n) is 4.92. The van der Waals surface area contributed by atoms with E-state index < -0.39 is 6.04 Å². The third kappa shape index (κ3) is 3.71. The van der Waals surface area contributed by atoms with Crippen molar-refractivity contribution in [2.75, 3.05) is 27.5 Å². The molecule has 0 unspecified atom stereocenters. The molecule has 2 heterocycles. The summed E-state index contributed by atoms with van der Waals surface area (Å²) in [5.74, 6) is 2.31. The van der Waals surface area contributed by atoms with Crippen LogP contribution in [0.15, 0.2) is 36.4 Å². The zero-order chi connectivity index (χ0) is 18.8. The number of fused-ring (bicyclic) bond motifs is 2. The fraction of sp³-hybridized carbons (Fsp3) is 0.381. The molecule has 4 rings (SSSR count). The molecule has 1 N–H and O–H groups in total. The van der Waals surface area contributed by atoms with Crippen molar-refractivity contribution in [1.82, 2.24) is 10.2 Å². The van der Waals surface area contributed by atoms with E-state index in [1.54, 1.807) is 0 Å². The zero-order valence-electron chi connectivity index (χ0n) is 15.7. The number of benzene rings is 2. The molecule has 2 aromatic carbocycles. The molecule has 0 aliphatic carbocycles. The molecule has 0 fully saturated rings. The van der Waals surface area contributed by atoms with Crippen LogP contribution in [0.1, 0.15) is 29.2 Å². The van der Waals surface area contributed by atoms with Gasteiger partial charge in [0, 0.05) is 6.54 Å². The van der Waals surface area contributed by atoms with Crippen LogP contribution < -0.4 is 19.5 Å². The molecule has 2 aromatic rings. The van der Waals surface area contributed by atoms with Crippen LogP contribution in [-0.4, -0.2) is 38.3 Å². The Bertz CT molecular complexity index is 850. The number of hydrogen-bond acceptors (Lipinski definition) is 5. The van der Waals surface area contributed by atoms with E-state index in [1.165, 1.54) is 5.56 Å². The Balaban J connectivity index is 1.46. The van der Waals surface area contributed by atoms with E-state index in [4.69, 9.17) is 14.2 Å². The molecule has 2 aliphatic heterocycles. The Morgan fingerprint density at radius 2 is 1.89 bits per heavy atom. The number of nitrogens with zero attached hydrogens (tertiary/aromatic N) is 1. The summed E-state index contributed by atoms with van der Waals surface area (Å²) in [4.78, 5) is 14.8. The highest BCUT2D eigenvalue weighted by Gasteiger charge is 2.25. The first kappa shape index (κ1) is 17.7.